The van der Waals surface area contributed by atoms with E-state index < -0.39 is 0 Å². The Labute approximate surface area is 155 Å². The van der Waals surface area contributed by atoms with Crippen molar-refractivity contribution in [3.05, 3.63) is 35.5 Å². The topological polar surface area (TPSA) is 52.2 Å². The minimum Gasteiger partial charge on any atom is -0.361 e. The second-order valence-corrected chi connectivity index (χ2v) is 6.29. The van der Waals surface area contributed by atoms with Gasteiger partial charge in [-0.2, -0.15) is 0 Å². The molecule has 23 heavy (non-hydrogen) atoms. The Bertz CT molecular complexity index is 677. The predicted molar refractivity (Wildman–Crippen MR) is 109 cm³/mol. The molecule has 0 radical (unpaired) electrons. The molecule has 1 aliphatic rings. The van der Waals surface area contributed by atoms with Gasteiger partial charge in [0, 0.05) is 36.2 Å². The van der Waals surface area contributed by atoms with Crippen molar-refractivity contribution >= 4 is 40.8 Å². The largest absolute Gasteiger partial charge is 0.361 e. The summed E-state index contributed by atoms with van der Waals surface area (Å²) in [6, 6.07) is 7.01. The van der Waals surface area contributed by atoms with Crippen LogP contribution in [0.4, 0.5) is 0 Å². The Kier molecular flexibility index (Phi) is 6.33. The number of nitrogens with one attached hydrogen (secondary N) is 3. The van der Waals surface area contributed by atoms with Gasteiger partial charge in [-0.3, -0.25) is 4.99 Å². The monoisotopic (exact) mass is 426 g/mol. The number of benzene rings is 1. The number of fused-ring (bicyclic) bond motifs is 1. The quantitative estimate of drug-likeness (QED) is 0.389. The highest BCUT2D eigenvalue weighted by atomic mass is 127. The molecule has 1 aromatic heterocycles. The van der Waals surface area contributed by atoms with Gasteiger partial charge in [-0.1, -0.05) is 19.1 Å². The first-order valence-electron chi connectivity index (χ1n) is 8.29. The van der Waals surface area contributed by atoms with Gasteiger partial charge in [-0.15, -0.1) is 24.0 Å². The number of rotatable bonds is 5. The molecule has 3 N–H and O–H groups in total. The summed E-state index contributed by atoms with van der Waals surface area (Å²) in [5.74, 6) is 1.73. The van der Waals surface area contributed by atoms with E-state index in [0.29, 0.717) is 6.04 Å². The maximum Gasteiger partial charge on any atom is 0.191 e. The van der Waals surface area contributed by atoms with E-state index in [-0.39, 0.29) is 24.0 Å². The first-order chi connectivity index (χ1) is 10.7. The first kappa shape index (κ1) is 18.1. The number of hydrogen-bond donors (Lipinski definition) is 3. The number of nitrogens with zero attached hydrogens (tertiary/aromatic N) is 1. The molecule has 1 heterocycles. The molecule has 2 unspecified atom stereocenters. The third-order valence-electron chi connectivity index (χ3n) is 4.42. The molecule has 4 nitrogen and oxygen atoms in total. The van der Waals surface area contributed by atoms with Crippen LogP contribution in [-0.4, -0.2) is 30.1 Å². The predicted octanol–water partition coefficient (Wildman–Crippen LogP) is 3.60. The normalized spacial score (nSPS) is 20.2. The fraction of sp³-hybridized carbons (Fsp3) is 0.500. The Morgan fingerprint density at radius 3 is 2.87 bits per heavy atom. The van der Waals surface area contributed by atoms with Gasteiger partial charge in [0.05, 0.1) is 0 Å². The molecule has 0 spiro atoms. The average molecular weight is 426 g/mol. The van der Waals surface area contributed by atoms with E-state index in [1.54, 1.807) is 0 Å². The zero-order chi connectivity index (χ0) is 15.5. The van der Waals surface area contributed by atoms with Gasteiger partial charge < -0.3 is 15.6 Å². The van der Waals surface area contributed by atoms with Crippen molar-refractivity contribution in [3.63, 3.8) is 0 Å². The van der Waals surface area contributed by atoms with Crippen LogP contribution in [0.3, 0.4) is 0 Å². The summed E-state index contributed by atoms with van der Waals surface area (Å²) in [6.07, 6.45) is 4.34. The molecule has 0 saturated heterocycles. The van der Waals surface area contributed by atoms with E-state index >= 15 is 0 Å². The number of aliphatic imine (C=N–C) groups is 1. The highest BCUT2D eigenvalue weighted by Gasteiger charge is 2.33. The summed E-state index contributed by atoms with van der Waals surface area (Å²) >= 11 is 0. The van der Waals surface area contributed by atoms with Crippen LogP contribution < -0.4 is 10.6 Å². The van der Waals surface area contributed by atoms with Gasteiger partial charge in [0.25, 0.3) is 0 Å². The van der Waals surface area contributed by atoms with Crippen LogP contribution in [0.25, 0.3) is 10.9 Å². The zero-order valence-corrected chi connectivity index (χ0v) is 16.5. The van der Waals surface area contributed by atoms with E-state index in [1.807, 2.05) is 0 Å². The number of H-pyrrole nitrogens is 1. The maximum absolute atomic E-state index is 4.72. The standard InChI is InChI=1S/C18H26N4.HI/c1-4-19-18(22-16-10-13(16)3)20-9-8-14-11-21-15-7-5-6-12(2)17(14)15;/h5-7,11,13,16,21H,4,8-10H2,1-3H3,(H2,19,20,22);1H. The summed E-state index contributed by atoms with van der Waals surface area (Å²) in [7, 11) is 0. The molecule has 3 rings (SSSR count). The van der Waals surface area contributed by atoms with Gasteiger partial charge in [0.2, 0.25) is 0 Å². The molecule has 126 valence electrons. The summed E-state index contributed by atoms with van der Waals surface area (Å²) in [6.45, 7) is 8.26. The van der Waals surface area contributed by atoms with Gasteiger partial charge in [-0.25, -0.2) is 0 Å². The lowest BCUT2D eigenvalue weighted by Crippen LogP contribution is -2.39. The molecule has 0 amide bonds. The van der Waals surface area contributed by atoms with Gasteiger partial charge in [0.1, 0.15) is 0 Å². The molecule has 1 aromatic carbocycles. The number of guanidine groups is 1. The van der Waals surface area contributed by atoms with E-state index in [9.17, 15) is 0 Å². The van der Waals surface area contributed by atoms with E-state index in [4.69, 9.17) is 4.99 Å². The fourth-order valence-electron chi connectivity index (χ4n) is 2.96. The molecular formula is C18H27IN4. The average Bonchev–Trinajstić information content (AvgIpc) is 3.02. The van der Waals surface area contributed by atoms with Crippen LogP contribution in [-0.2, 0) is 6.42 Å². The molecule has 0 bridgehead atoms. The molecule has 0 aliphatic heterocycles. The third-order valence-corrected chi connectivity index (χ3v) is 4.42. The van der Waals surface area contributed by atoms with Crippen molar-refractivity contribution < 1.29 is 0 Å². The fourth-order valence-corrected chi connectivity index (χ4v) is 2.96. The second-order valence-electron chi connectivity index (χ2n) is 6.29. The van der Waals surface area contributed by atoms with Crippen LogP contribution in [0.15, 0.2) is 29.4 Å². The van der Waals surface area contributed by atoms with Crippen molar-refractivity contribution in [2.45, 2.75) is 39.7 Å². The lowest BCUT2D eigenvalue weighted by atomic mass is 10.1. The molecular weight excluding hydrogens is 399 g/mol. The van der Waals surface area contributed by atoms with E-state index in [2.05, 4.69) is 60.8 Å². The number of aryl methyl sites for hydroxylation is 1. The van der Waals surface area contributed by atoms with Gasteiger partial charge in [0.15, 0.2) is 5.96 Å². The van der Waals surface area contributed by atoms with E-state index in [1.165, 1.54) is 28.5 Å². The van der Waals surface area contributed by atoms with Crippen molar-refractivity contribution in [1.29, 1.82) is 0 Å². The summed E-state index contributed by atoms with van der Waals surface area (Å²) in [5, 5.41) is 8.19. The Morgan fingerprint density at radius 2 is 2.17 bits per heavy atom. The second kappa shape index (κ2) is 8.04. The smallest absolute Gasteiger partial charge is 0.191 e. The SMILES string of the molecule is CCNC(=NCCc1c[nH]c2cccc(C)c12)NC1CC1C.I. The third kappa shape index (κ3) is 4.40. The Balaban J connectivity index is 0.00000192. The van der Waals surface area contributed by atoms with Crippen molar-refractivity contribution in [2.75, 3.05) is 13.1 Å². The molecule has 1 saturated carbocycles. The van der Waals surface area contributed by atoms with Gasteiger partial charge >= 0.3 is 0 Å². The first-order valence-corrected chi connectivity index (χ1v) is 8.29. The molecule has 5 heteroatoms. The minimum atomic E-state index is 0. The van der Waals surface area contributed by atoms with Crippen molar-refractivity contribution in [2.24, 2.45) is 10.9 Å². The molecule has 2 atom stereocenters. The summed E-state index contributed by atoms with van der Waals surface area (Å²) < 4.78 is 0. The number of aromatic amines is 1. The number of aromatic nitrogens is 1. The van der Waals surface area contributed by atoms with E-state index in [0.717, 1.165) is 31.4 Å². The molecule has 1 aliphatic carbocycles. The van der Waals surface area contributed by atoms with Crippen LogP contribution in [0.5, 0.6) is 0 Å². The number of halogens is 1. The van der Waals surface area contributed by atoms with Gasteiger partial charge in [-0.05, 0) is 49.8 Å². The van der Waals surface area contributed by atoms with Crippen LogP contribution in [0.2, 0.25) is 0 Å². The van der Waals surface area contributed by atoms with Crippen molar-refractivity contribution in [3.8, 4) is 0 Å². The summed E-state index contributed by atoms with van der Waals surface area (Å²) in [5.41, 5.74) is 3.90. The maximum atomic E-state index is 4.72. The molecule has 2 aromatic rings. The Hall–Kier alpha value is -1.24. The van der Waals surface area contributed by atoms with Crippen molar-refractivity contribution in [1.82, 2.24) is 15.6 Å². The van der Waals surface area contributed by atoms with Crippen LogP contribution in [0.1, 0.15) is 31.4 Å². The van der Waals surface area contributed by atoms with Crippen LogP contribution >= 0.6 is 24.0 Å². The highest BCUT2D eigenvalue weighted by molar-refractivity contribution is 14.0. The summed E-state index contributed by atoms with van der Waals surface area (Å²) in [4.78, 5) is 8.08. The molecule has 1 fully saturated rings. The Morgan fingerprint density at radius 1 is 1.39 bits per heavy atom. The zero-order valence-electron chi connectivity index (χ0n) is 14.1. The van der Waals surface area contributed by atoms with Crippen LogP contribution in [0, 0.1) is 12.8 Å². The lowest BCUT2D eigenvalue weighted by Gasteiger charge is -2.10. The number of hydrogen-bond acceptors (Lipinski definition) is 1. The highest BCUT2D eigenvalue weighted by Crippen LogP contribution is 2.28. The minimum absolute atomic E-state index is 0. The lowest BCUT2D eigenvalue weighted by molar-refractivity contribution is 0.765.